The van der Waals surface area contributed by atoms with E-state index in [1.54, 1.807) is 4.90 Å². The smallest absolute Gasteiger partial charge is 0.308 e. The fraction of sp³-hybridized carbons (Fsp3) is 0.471. The van der Waals surface area contributed by atoms with Crippen LogP contribution in [-0.4, -0.2) is 47.4 Å². The van der Waals surface area contributed by atoms with E-state index in [1.807, 2.05) is 37.3 Å². The summed E-state index contributed by atoms with van der Waals surface area (Å²) in [6, 6.07) is 9.32. The molecular formula is C17H22N2O4. The van der Waals surface area contributed by atoms with E-state index in [0.29, 0.717) is 19.5 Å². The van der Waals surface area contributed by atoms with Crippen LogP contribution in [0.3, 0.4) is 0 Å². The highest BCUT2D eigenvalue weighted by Gasteiger charge is 2.33. The third-order valence-corrected chi connectivity index (χ3v) is 4.16. The SMILES string of the molecule is CCN1CC(C(=O)NCC(Cc2ccccc2)C(=O)O)CC1=O. The molecule has 0 aliphatic carbocycles. The maximum Gasteiger partial charge on any atom is 0.308 e. The molecule has 1 aliphatic rings. The second kappa shape index (κ2) is 7.76. The molecule has 2 atom stereocenters. The number of carbonyl (C=O) groups excluding carboxylic acids is 2. The van der Waals surface area contributed by atoms with Gasteiger partial charge in [-0.25, -0.2) is 0 Å². The van der Waals surface area contributed by atoms with E-state index in [4.69, 9.17) is 0 Å². The summed E-state index contributed by atoms with van der Waals surface area (Å²) in [6.45, 7) is 2.95. The molecule has 1 saturated heterocycles. The largest absolute Gasteiger partial charge is 0.481 e. The molecule has 2 rings (SSSR count). The van der Waals surface area contributed by atoms with Crippen molar-refractivity contribution in [3.05, 3.63) is 35.9 Å². The molecule has 1 heterocycles. The number of carboxylic acid groups (broad SMARTS) is 1. The molecule has 0 aromatic heterocycles. The van der Waals surface area contributed by atoms with Crippen molar-refractivity contribution in [3.63, 3.8) is 0 Å². The lowest BCUT2D eigenvalue weighted by molar-refractivity contribution is -0.141. The minimum atomic E-state index is -0.938. The van der Waals surface area contributed by atoms with Crippen LogP contribution in [0.15, 0.2) is 30.3 Å². The highest BCUT2D eigenvalue weighted by atomic mass is 16.4. The summed E-state index contributed by atoms with van der Waals surface area (Å²) in [6.07, 6.45) is 0.567. The first kappa shape index (κ1) is 17.0. The molecule has 2 N–H and O–H groups in total. The van der Waals surface area contributed by atoms with Crippen molar-refractivity contribution in [2.75, 3.05) is 19.6 Å². The van der Waals surface area contributed by atoms with Gasteiger partial charge in [-0.3, -0.25) is 14.4 Å². The molecule has 124 valence electrons. The fourth-order valence-corrected chi connectivity index (χ4v) is 2.77. The number of benzene rings is 1. The summed E-state index contributed by atoms with van der Waals surface area (Å²) in [4.78, 5) is 36.8. The van der Waals surface area contributed by atoms with Gasteiger partial charge in [0.2, 0.25) is 11.8 Å². The summed E-state index contributed by atoms with van der Waals surface area (Å²) in [5, 5.41) is 12.0. The first-order valence-corrected chi connectivity index (χ1v) is 7.83. The Morgan fingerprint density at radius 2 is 2.04 bits per heavy atom. The quantitative estimate of drug-likeness (QED) is 0.782. The van der Waals surface area contributed by atoms with Crippen molar-refractivity contribution in [3.8, 4) is 0 Å². The van der Waals surface area contributed by atoms with Crippen molar-refractivity contribution in [1.82, 2.24) is 10.2 Å². The Hall–Kier alpha value is -2.37. The number of carboxylic acids is 1. The van der Waals surface area contributed by atoms with E-state index in [1.165, 1.54) is 0 Å². The molecule has 2 amide bonds. The van der Waals surface area contributed by atoms with Crippen molar-refractivity contribution in [2.24, 2.45) is 11.8 Å². The number of nitrogens with one attached hydrogen (secondary N) is 1. The molecule has 6 heteroatoms. The number of nitrogens with zero attached hydrogens (tertiary/aromatic N) is 1. The molecule has 6 nitrogen and oxygen atoms in total. The van der Waals surface area contributed by atoms with Gasteiger partial charge in [0, 0.05) is 26.1 Å². The van der Waals surface area contributed by atoms with Gasteiger partial charge in [-0.1, -0.05) is 30.3 Å². The van der Waals surface area contributed by atoms with Gasteiger partial charge in [0.25, 0.3) is 0 Å². The van der Waals surface area contributed by atoms with Crippen molar-refractivity contribution in [2.45, 2.75) is 19.8 Å². The summed E-state index contributed by atoms with van der Waals surface area (Å²) < 4.78 is 0. The van der Waals surface area contributed by atoms with Gasteiger partial charge in [0.15, 0.2) is 0 Å². The van der Waals surface area contributed by atoms with Crippen molar-refractivity contribution in [1.29, 1.82) is 0 Å². The van der Waals surface area contributed by atoms with E-state index < -0.39 is 11.9 Å². The van der Waals surface area contributed by atoms with Gasteiger partial charge >= 0.3 is 5.97 Å². The molecule has 23 heavy (non-hydrogen) atoms. The van der Waals surface area contributed by atoms with E-state index in [9.17, 15) is 19.5 Å². The first-order valence-electron chi connectivity index (χ1n) is 7.83. The Kier molecular flexibility index (Phi) is 5.73. The highest BCUT2D eigenvalue weighted by molar-refractivity contribution is 5.89. The average molecular weight is 318 g/mol. The molecular weight excluding hydrogens is 296 g/mol. The number of hydrogen-bond acceptors (Lipinski definition) is 3. The van der Waals surface area contributed by atoms with Crippen LogP contribution in [0, 0.1) is 11.8 Å². The molecule has 0 radical (unpaired) electrons. The molecule has 0 spiro atoms. The lowest BCUT2D eigenvalue weighted by atomic mass is 9.99. The lowest BCUT2D eigenvalue weighted by Crippen LogP contribution is -2.38. The Balaban J connectivity index is 1.88. The third-order valence-electron chi connectivity index (χ3n) is 4.16. The van der Waals surface area contributed by atoms with Crippen LogP contribution >= 0.6 is 0 Å². The maximum absolute atomic E-state index is 12.1. The monoisotopic (exact) mass is 318 g/mol. The average Bonchev–Trinajstić information content (AvgIpc) is 2.93. The summed E-state index contributed by atoms with van der Waals surface area (Å²) in [7, 11) is 0. The molecule has 0 bridgehead atoms. The minimum absolute atomic E-state index is 0.0216. The van der Waals surface area contributed by atoms with Gasteiger partial charge in [-0.15, -0.1) is 0 Å². The first-order chi connectivity index (χ1) is 11.0. The Morgan fingerprint density at radius 1 is 1.35 bits per heavy atom. The number of carbonyl (C=O) groups is 3. The van der Waals surface area contributed by atoms with Crippen LogP contribution in [0.25, 0.3) is 0 Å². The minimum Gasteiger partial charge on any atom is -0.481 e. The summed E-state index contributed by atoms with van der Waals surface area (Å²) >= 11 is 0. The van der Waals surface area contributed by atoms with Crippen LogP contribution in [0.1, 0.15) is 18.9 Å². The lowest BCUT2D eigenvalue weighted by Gasteiger charge is -2.16. The van der Waals surface area contributed by atoms with Crippen LogP contribution in [-0.2, 0) is 20.8 Å². The number of hydrogen-bond donors (Lipinski definition) is 2. The highest BCUT2D eigenvalue weighted by Crippen LogP contribution is 2.17. The molecule has 1 aliphatic heterocycles. The number of amides is 2. The van der Waals surface area contributed by atoms with Crippen molar-refractivity contribution < 1.29 is 19.5 Å². The molecule has 2 unspecified atom stereocenters. The van der Waals surface area contributed by atoms with Crippen LogP contribution in [0.4, 0.5) is 0 Å². The predicted molar refractivity (Wildman–Crippen MR) is 84.6 cm³/mol. The Morgan fingerprint density at radius 3 is 2.61 bits per heavy atom. The van der Waals surface area contributed by atoms with E-state index in [2.05, 4.69) is 5.32 Å². The van der Waals surface area contributed by atoms with Gasteiger partial charge in [-0.05, 0) is 18.9 Å². The maximum atomic E-state index is 12.1. The van der Waals surface area contributed by atoms with Crippen LogP contribution < -0.4 is 5.32 Å². The fourth-order valence-electron chi connectivity index (χ4n) is 2.77. The zero-order chi connectivity index (χ0) is 16.8. The van der Waals surface area contributed by atoms with Gasteiger partial charge in [-0.2, -0.15) is 0 Å². The number of rotatable bonds is 7. The summed E-state index contributed by atoms with van der Waals surface area (Å²) in [5.41, 5.74) is 0.919. The zero-order valence-corrected chi connectivity index (χ0v) is 13.2. The Labute approximate surface area is 135 Å². The second-order valence-electron chi connectivity index (χ2n) is 5.80. The van der Waals surface area contributed by atoms with Crippen molar-refractivity contribution >= 4 is 17.8 Å². The number of likely N-dealkylation sites (tertiary alicyclic amines) is 1. The second-order valence-corrected chi connectivity index (χ2v) is 5.80. The van der Waals surface area contributed by atoms with E-state index in [0.717, 1.165) is 5.56 Å². The van der Waals surface area contributed by atoms with Crippen LogP contribution in [0.2, 0.25) is 0 Å². The number of aliphatic carboxylic acids is 1. The van der Waals surface area contributed by atoms with E-state index in [-0.39, 0.29) is 30.7 Å². The molecule has 1 aromatic carbocycles. The van der Waals surface area contributed by atoms with Gasteiger partial charge < -0.3 is 15.3 Å². The molecule has 0 saturated carbocycles. The zero-order valence-electron chi connectivity index (χ0n) is 13.2. The predicted octanol–water partition coefficient (Wildman–Crippen LogP) is 0.914. The van der Waals surface area contributed by atoms with E-state index >= 15 is 0 Å². The topological polar surface area (TPSA) is 86.7 Å². The van der Waals surface area contributed by atoms with Crippen LogP contribution in [0.5, 0.6) is 0 Å². The molecule has 1 fully saturated rings. The Bertz CT molecular complexity index is 573. The van der Waals surface area contributed by atoms with Gasteiger partial charge in [0.1, 0.15) is 0 Å². The third kappa shape index (κ3) is 4.55. The standard InChI is InChI=1S/C17H22N2O4/c1-2-19-11-14(9-15(19)20)16(21)18-10-13(17(22)23)8-12-6-4-3-5-7-12/h3-7,13-14H,2,8-11H2,1H3,(H,18,21)(H,22,23). The summed E-state index contributed by atoms with van der Waals surface area (Å²) in [5.74, 6) is -2.26. The van der Waals surface area contributed by atoms with Gasteiger partial charge in [0.05, 0.1) is 11.8 Å². The normalized spacial score (nSPS) is 18.7. The molecule has 1 aromatic rings.